The van der Waals surface area contributed by atoms with Crippen molar-refractivity contribution < 1.29 is 9.90 Å². The van der Waals surface area contributed by atoms with Crippen LogP contribution in [0.25, 0.3) is 21.6 Å². The van der Waals surface area contributed by atoms with Crippen LogP contribution in [0.4, 0.5) is 0 Å². The number of aryl methyl sites for hydroxylation is 1. The van der Waals surface area contributed by atoms with Crippen LogP contribution in [-0.2, 0) is 24.2 Å². The summed E-state index contributed by atoms with van der Waals surface area (Å²) >= 11 is 1.57. The van der Waals surface area contributed by atoms with E-state index < -0.39 is 12.5 Å². The van der Waals surface area contributed by atoms with Crippen molar-refractivity contribution in [3.05, 3.63) is 45.3 Å². The molecule has 25 heavy (non-hydrogen) atoms. The first-order chi connectivity index (χ1) is 12.0. The second kappa shape index (κ2) is 6.07. The SMILES string of the molecule is CC1CCc2c(sc3nc(-c4ccncc4)n(CC(=O)O)c(=O)c23)C1. The molecule has 6 nitrogen and oxygen atoms in total. The maximum absolute atomic E-state index is 13.1. The first-order valence-corrected chi connectivity index (χ1v) is 9.03. The van der Waals surface area contributed by atoms with Gasteiger partial charge in [-0.1, -0.05) is 6.92 Å². The van der Waals surface area contributed by atoms with E-state index in [1.807, 2.05) is 0 Å². The lowest BCUT2D eigenvalue weighted by molar-refractivity contribution is -0.137. The van der Waals surface area contributed by atoms with E-state index in [-0.39, 0.29) is 5.56 Å². The lowest BCUT2D eigenvalue weighted by atomic mass is 9.89. The first-order valence-electron chi connectivity index (χ1n) is 8.22. The molecular formula is C18H17N3O3S. The fourth-order valence-corrected chi connectivity index (χ4v) is 4.80. The molecule has 0 aromatic carbocycles. The summed E-state index contributed by atoms with van der Waals surface area (Å²) in [5.74, 6) is -0.0771. The van der Waals surface area contributed by atoms with Gasteiger partial charge in [-0.15, -0.1) is 11.3 Å². The Balaban J connectivity index is 2.02. The van der Waals surface area contributed by atoms with Crippen molar-refractivity contribution in [1.82, 2.24) is 14.5 Å². The second-order valence-electron chi connectivity index (χ2n) is 6.49. The monoisotopic (exact) mass is 355 g/mol. The molecule has 0 saturated heterocycles. The highest BCUT2D eigenvalue weighted by Crippen LogP contribution is 2.36. The molecule has 0 bridgehead atoms. The zero-order valence-corrected chi connectivity index (χ0v) is 14.5. The van der Waals surface area contributed by atoms with Gasteiger partial charge in [-0.25, -0.2) is 4.98 Å². The quantitative estimate of drug-likeness (QED) is 0.781. The molecule has 1 N–H and O–H groups in total. The molecule has 3 heterocycles. The molecule has 1 unspecified atom stereocenters. The summed E-state index contributed by atoms with van der Waals surface area (Å²) in [5, 5.41) is 9.86. The van der Waals surface area contributed by atoms with Crippen molar-refractivity contribution in [2.75, 3.05) is 0 Å². The number of rotatable bonds is 3. The van der Waals surface area contributed by atoms with Gasteiger partial charge >= 0.3 is 5.97 Å². The van der Waals surface area contributed by atoms with E-state index >= 15 is 0 Å². The molecule has 0 spiro atoms. The summed E-state index contributed by atoms with van der Waals surface area (Å²) in [4.78, 5) is 35.0. The van der Waals surface area contributed by atoms with E-state index in [9.17, 15) is 14.7 Å². The van der Waals surface area contributed by atoms with Crippen molar-refractivity contribution in [2.45, 2.75) is 32.7 Å². The van der Waals surface area contributed by atoms with Crippen molar-refractivity contribution in [3.8, 4) is 11.4 Å². The number of aromatic nitrogens is 3. The summed E-state index contributed by atoms with van der Waals surface area (Å²) in [6, 6.07) is 3.48. The summed E-state index contributed by atoms with van der Waals surface area (Å²) in [6.45, 7) is 1.81. The predicted octanol–water partition coefficient (Wildman–Crippen LogP) is 2.73. The van der Waals surface area contributed by atoms with Crippen LogP contribution in [-0.4, -0.2) is 25.6 Å². The Labute approximate surface area is 147 Å². The maximum Gasteiger partial charge on any atom is 0.323 e. The lowest BCUT2D eigenvalue weighted by Gasteiger charge is -2.17. The molecule has 0 fully saturated rings. The molecule has 1 aliphatic carbocycles. The minimum Gasteiger partial charge on any atom is -0.480 e. The Kier molecular flexibility index (Phi) is 3.88. The number of nitrogens with zero attached hydrogens (tertiary/aromatic N) is 3. The highest BCUT2D eigenvalue weighted by atomic mass is 32.1. The van der Waals surface area contributed by atoms with Crippen LogP contribution in [0.1, 0.15) is 23.8 Å². The van der Waals surface area contributed by atoms with E-state index in [4.69, 9.17) is 0 Å². The Morgan fingerprint density at radius 1 is 1.40 bits per heavy atom. The Morgan fingerprint density at radius 3 is 2.88 bits per heavy atom. The van der Waals surface area contributed by atoms with Crippen molar-refractivity contribution in [2.24, 2.45) is 5.92 Å². The van der Waals surface area contributed by atoms with Gasteiger partial charge in [-0.3, -0.25) is 19.1 Å². The predicted molar refractivity (Wildman–Crippen MR) is 95.9 cm³/mol. The highest BCUT2D eigenvalue weighted by molar-refractivity contribution is 7.18. The van der Waals surface area contributed by atoms with Gasteiger partial charge in [-0.05, 0) is 42.9 Å². The molecule has 7 heteroatoms. The molecule has 0 aliphatic heterocycles. The molecule has 1 atom stereocenters. The molecule has 3 aromatic heterocycles. The third-order valence-corrected chi connectivity index (χ3v) is 5.80. The van der Waals surface area contributed by atoms with E-state index in [1.54, 1.807) is 35.9 Å². The number of hydrogen-bond acceptors (Lipinski definition) is 5. The number of carbonyl (C=O) groups is 1. The van der Waals surface area contributed by atoms with Crippen molar-refractivity contribution >= 4 is 27.5 Å². The Morgan fingerprint density at radius 2 is 2.16 bits per heavy atom. The van der Waals surface area contributed by atoms with Crippen LogP contribution in [0.15, 0.2) is 29.3 Å². The van der Waals surface area contributed by atoms with Crippen molar-refractivity contribution in [3.63, 3.8) is 0 Å². The topological polar surface area (TPSA) is 85.1 Å². The molecule has 3 aromatic rings. The fourth-order valence-electron chi connectivity index (χ4n) is 3.43. The molecule has 4 rings (SSSR count). The molecule has 0 amide bonds. The minimum absolute atomic E-state index is 0.258. The summed E-state index contributed by atoms with van der Waals surface area (Å²) in [7, 11) is 0. The number of hydrogen-bond donors (Lipinski definition) is 1. The average molecular weight is 355 g/mol. The van der Waals surface area contributed by atoms with Gasteiger partial charge in [-0.2, -0.15) is 0 Å². The van der Waals surface area contributed by atoms with Gasteiger partial charge in [0.1, 0.15) is 17.2 Å². The zero-order valence-electron chi connectivity index (χ0n) is 13.7. The number of carboxylic acids is 1. The van der Waals surface area contributed by atoms with Crippen LogP contribution in [0.2, 0.25) is 0 Å². The van der Waals surface area contributed by atoms with Gasteiger partial charge in [0.25, 0.3) is 5.56 Å². The zero-order chi connectivity index (χ0) is 17.6. The molecule has 1 aliphatic rings. The fraction of sp³-hybridized carbons (Fsp3) is 0.333. The van der Waals surface area contributed by atoms with Crippen LogP contribution < -0.4 is 5.56 Å². The second-order valence-corrected chi connectivity index (χ2v) is 7.57. The lowest BCUT2D eigenvalue weighted by Crippen LogP contribution is -2.27. The number of aliphatic carboxylic acids is 1. The van der Waals surface area contributed by atoms with E-state index in [0.29, 0.717) is 27.5 Å². The van der Waals surface area contributed by atoms with E-state index in [2.05, 4.69) is 16.9 Å². The van der Waals surface area contributed by atoms with Crippen LogP contribution in [0, 0.1) is 5.92 Å². The smallest absolute Gasteiger partial charge is 0.323 e. The van der Waals surface area contributed by atoms with E-state index in [0.717, 1.165) is 24.8 Å². The summed E-state index contributed by atoms with van der Waals surface area (Å²) < 4.78 is 1.27. The average Bonchev–Trinajstić information content (AvgIpc) is 2.95. The largest absolute Gasteiger partial charge is 0.480 e. The molecular weight excluding hydrogens is 338 g/mol. The van der Waals surface area contributed by atoms with Crippen LogP contribution in [0.3, 0.4) is 0 Å². The van der Waals surface area contributed by atoms with Gasteiger partial charge in [0.15, 0.2) is 0 Å². The Hall–Kier alpha value is -2.54. The first kappa shape index (κ1) is 16.0. The number of carboxylic acid groups (broad SMARTS) is 1. The van der Waals surface area contributed by atoms with Crippen LogP contribution >= 0.6 is 11.3 Å². The van der Waals surface area contributed by atoms with Gasteiger partial charge in [0.2, 0.25) is 0 Å². The molecule has 0 saturated carbocycles. The van der Waals surface area contributed by atoms with Crippen molar-refractivity contribution in [1.29, 1.82) is 0 Å². The maximum atomic E-state index is 13.1. The normalized spacial score (nSPS) is 16.8. The number of pyridine rings is 1. The Bertz CT molecular complexity index is 1020. The highest BCUT2D eigenvalue weighted by Gasteiger charge is 2.25. The van der Waals surface area contributed by atoms with Crippen LogP contribution in [0.5, 0.6) is 0 Å². The van der Waals surface area contributed by atoms with Gasteiger partial charge in [0, 0.05) is 22.8 Å². The van der Waals surface area contributed by atoms with Gasteiger partial charge in [0.05, 0.1) is 5.39 Å². The third kappa shape index (κ3) is 2.74. The van der Waals surface area contributed by atoms with E-state index in [1.165, 1.54) is 9.44 Å². The molecule has 128 valence electrons. The molecule has 0 radical (unpaired) electrons. The standard InChI is InChI=1S/C18H17N3O3S/c1-10-2-3-12-13(8-10)25-17-15(12)18(24)21(9-14(22)23)16(20-17)11-4-6-19-7-5-11/h4-7,10H,2-3,8-9H2,1H3,(H,22,23). The number of thiophene rings is 1. The van der Waals surface area contributed by atoms with Gasteiger partial charge < -0.3 is 5.11 Å². The summed E-state index contributed by atoms with van der Waals surface area (Å²) in [6.07, 6.45) is 6.08. The summed E-state index contributed by atoms with van der Waals surface area (Å²) in [5.41, 5.74) is 1.50. The number of fused-ring (bicyclic) bond motifs is 3. The third-order valence-electron chi connectivity index (χ3n) is 4.65. The minimum atomic E-state index is -1.06.